The molecule has 2 aromatic rings. The van der Waals surface area contributed by atoms with Crippen LogP contribution in [0.25, 0.3) is 0 Å². The van der Waals surface area contributed by atoms with Gasteiger partial charge in [0.25, 0.3) is 0 Å². The number of nitrogens with zero attached hydrogens (tertiary/aromatic N) is 2. The Morgan fingerprint density at radius 3 is 2.66 bits per heavy atom. The molecule has 5 nitrogen and oxygen atoms in total. The smallest absolute Gasteiger partial charge is 0.243 e. The van der Waals surface area contributed by atoms with Gasteiger partial charge in [-0.15, -0.1) is 17.9 Å². The van der Waals surface area contributed by atoms with E-state index in [0.717, 1.165) is 17.7 Å². The highest BCUT2D eigenvalue weighted by atomic mass is 32.1. The van der Waals surface area contributed by atoms with Gasteiger partial charge in [-0.3, -0.25) is 9.59 Å². The van der Waals surface area contributed by atoms with Crippen LogP contribution in [0.4, 0.5) is 0 Å². The van der Waals surface area contributed by atoms with Crippen molar-refractivity contribution in [3.63, 3.8) is 0 Å². The first kappa shape index (κ1) is 21.1. The van der Waals surface area contributed by atoms with Gasteiger partial charge in [-0.1, -0.05) is 32.1 Å². The first-order chi connectivity index (χ1) is 14.0. The fourth-order valence-corrected chi connectivity index (χ4v) is 4.64. The summed E-state index contributed by atoms with van der Waals surface area (Å²) in [7, 11) is 1.64. The Morgan fingerprint density at radius 2 is 2.03 bits per heavy atom. The van der Waals surface area contributed by atoms with Gasteiger partial charge in [0.15, 0.2) is 0 Å². The summed E-state index contributed by atoms with van der Waals surface area (Å²) in [6.07, 6.45) is 2.51. The van der Waals surface area contributed by atoms with Crippen LogP contribution in [0.3, 0.4) is 0 Å². The van der Waals surface area contributed by atoms with Crippen LogP contribution in [0.2, 0.25) is 0 Å². The zero-order valence-corrected chi connectivity index (χ0v) is 18.1. The van der Waals surface area contributed by atoms with Crippen LogP contribution < -0.4 is 4.74 Å². The summed E-state index contributed by atoms with van der Waals surface area (Å²) in [5.41, 5.74) is 2.22. The molecule has 0 N–H and O–H groups in total. The maximum atomic E-state index is 13.3. The average Bonchev–Trinajstić information content (AvgIpc) is 3.21. The van der Waals surface area contributed by atoms with Crippen molar-refractivity contribution in [2.45, 2.75) is 26.3 Å². The number of hydrogen-bond donors (Lipinski definition) is 0. The van der Waals surface area contributed by atoms with Gasteiger partial charge in [0.1, 0.15) is 12.3 Å². The third kappa shape index (κ3) is 4.53. The lowest BCUT2D eigenvalue weighted by molar-refractivity contribution is -0.142. The third-order valence-corrected chi connectivity index (χ3v) is 6.20. The number of methoxy groups -OCH3 is 1. The molecule has 0 radical (unpaired) electrons. The Hall–Kier alpha value is -2.60. The second-order valence-corrected chi connectivity index (χ2v) is 8.47. The number of benzene rings is 1. The Kier molecular flexibility index (Phi) is 6.75. The largest absolute Gasteiger partial charge is 0.497 e. The van der Waals surface area contributed by atoms with E-state index in [9.17, 15) is 9.59 Å². The highest BCUT2D eigenvalue weighted by Gasteiger charge is 2.34. The highest BCUT2D eigenvalue weighted by Crippen LogP contribution is 2.38. The summed E-state index contributed by atoms with van der Waals surface area (Å²) in [6, 6.07) is 9.82. The van der Waals surface area contributed by atoms with E-state index in [1.165, 1.54) is 10.4 Å². The molecule has 0 bridgehead atoms. The third-order valence-electron chi connectivity index (χ3n) is 5.20. The molecule has 1 aliphatic heterocycles. The average molecular weight is 413 g/mol. The van der Waals surface area contributed by atoms with E-state index in [0.29, 0.717) is 13.1 Å². The molecule has 29 heavy (non-hydrogen) atoms. The second-order valence-electron chi connectivity index (χ2n) is 7.47. The van der Waals surface area contributed by atoms with Gasteiger partial charge < -0.3 is 14.5 Å². The number of carbonyl (C=O) groups excluding carboxylic acids is 2. The van der Waals surface area contributed by atoms with Crippen molar-refractivity contribution < 1.29 is 14.3 Å². The van der Waals surface area contributed by atoms with E-state index in [1.807, 2.05) is 43.0 Å². The van der Waals surface area contributed by atoms with E-state index in [1.54, 1.807) is 29.4 Å². The van der Waals surface area contributed by atoms with E-state index in [4.69, 9.17) is 4.74 Å². The molecule has 0 fully saturated rings. The minimum atomic E-state index is -0.162. The quantitative estimate of drug-likeness (QED) is 0.648. The van der Waals surface area contributed by atoms with Crippen LogP contribution in [-0.2, 0) is 16.0 Å². The number of hydrogen-bond acceptors (Lipinski definition) is 4. The van der Waals surface area contributed by atoms with Crippen molar-refractivity contribution >= 4 is 23.2 Å². The molecular formula is C23H28N2O3S. The number of ether oxygens (including phenoxy) is 1. The van der Waals surface area contributed by atoms with E-state index in [-0.39, 0.29) is 30.3 Å². The second kappa shape index (κ2) is 9.27. The predicted octanol–water partition coefficient (Wildman–Crippen LogP) is 3.90. The SMILES string of the molecule is C=CCN(CC(=O)N1CCc2sccc2C1c1ccc(OC)cc1)C(=O)C(C)C. The van der Waals surface area contributed by atoms with Crippen molar-refractivity contribution in [2.75, 3.05) is 26.7 Å². The van der Waals surface area contributed by atoms with E-state index in [2.05, 4.69) is 18.0 Å². The lowest BCUT2D eigenvalue weighted by atomic mass is 9.93. The normalized spacial score (nSPS) is 15.7. The number of amides is 2. The molecule has 0 saturated heterocycles. The molecule has 1 unspecified atom stereocenters. The molecule has 1 atom stereocenters. The monoisotopic (exact) mass is 412 g/mol. The fraction of sp³-hybridized carbons (Fsp3) is 0.391. The Morgan fingerprint density at radius 1 is 1.31 bits per heavy atom. The summed E-state index contributed by atoms with van der Waals surface area (Å²) >= 11 is 1.74. The molecule has 6 heteroatoms. The van der Waals surface area contributed by atoms with Gasteiger partial charge >= 0.3 is 0 Å². The van der Waals surface area contributed by atoms with E-state index >= 15 is 0 Å². The van der Waals surface area contributed by atoms with Gasteiger partial charge in [-0.05, 0) is 41.1 Å². The highest BCUT2D eigenvalue weighted by molar-refractivity contribution is 7.10. The predicted molar refractivity (Wildman–Crippen MR) is 116 cm³/mol. The van der Waals surface area contributed by atoms with Crippen LogP contribution in [0, 0.1) is 5.92 Å². The van der Waals surface area contributed by atoms with Crippen molar-refractivity contribution in [3.05, 3.63) is 64.4 Å². The lowest BCUT2D eigenvalue weighted by Crippen LogP contribution is -2.47. The molecule has 154 valence electrons. The first-order valence-corrected chi connectivity index (χ1v) is 10.7. The van der Waals surface area contributed by atoms with Crippen molar-refractivity contribution in [1.29, 1.82) is 0 Å². The van der Waals surface area contributed by atoms with Gasteiger partial charge in [-0.2, -0.15) is 0 Å². The van der Waals surface area contributed by atoms with Gasteiger partial charge in [0, 0.05) is 23.9 Å². The molecule has 0 saturated carbocycles. The van der Waals surface area contributed by atoms with Gasteiger partial charge in [0.2, 0.25) is 11.8 Å². The van der Waals surface area contributed by atoms with Gasteiger partial charge in [-0.25, -0.2) is 0 Å². The van der Waals surface area contributed by atoms with Crippen LogP contribution in [-0.4, -0.2) is 48.4 Å². The Balaban J connectivity index is 1.90. The molecule has 3 rings (SSSR count). The molecule has 2 amide bonds. The molecule has 2 heterocycles. The Bertz CT molecular complexity index is 873. The van der Waals surface area contributed by atoms with Crippen molar-refractivity contribution in [2.24, 2.45) is 5.92 Å². The minimum Gasteiger partial charge on any atom is -0.497 e. The summed E-state index contributed by atoms with van der Waals surface area (Å²) < 4.78 is 5.28. The molecular weight excluding hydrogens is 384 g/mol. The maximum Gasteiger partial charge on any atom is 0.243 e. The zero-order valence-electron chi connectivity index (χ0n) is 17.3. The van der Waals surface area contributed by atoms with Crippen molar-refractivity contribution in [1.82, 2.24) is 9.80 Å². The molecule has 1 aromatic carbocycles. The number of carbonyl (C=O) groups is 2. The first-order valence-electron chi connectivity index (χ1n) is 9.85. The van der Waals surface area contributed by atoms with Gasteiger partial charge in [0.05, 0.1) is 13.2 Å². The van der Waals surface area contributed by atoms with Crippen LogP contribution in [0.5, 0.6) is 5.75 Å². The standard InChI is InChI=1S/C23H28N2O3S/c1-5-12-24(23(27)16(2)3)15-21(26)25-13-10-20-19(11-14-29-20)22(25)17-6-8-18(28-4)9-7-17/h5-9,11,14,16,22H,1,10,12-13,15H2,2-4H3. The van der Waals surface area contributed by atoms with E-state index < -0.39 is 0 Å². The number of rotatable bonds is 7. The molecule has 0 spiro atoms. The van der Waals surface area contributed by atoms with Crippen LogP contribution in [0.15, 0.2) is 48.4 Å². The zero-order chi connectivity index (χ0) is 21.0. The number of thiophene rings is 1. The molecule has 1 aromatic heterocycles. The molecule has 0 aliphatic carbocycles. The van der Waals surface area contributed by atoms with Crippen molar-refractivity contribution in [3.8, 4) is 5.75 Å². The van der Waals surface area contributed by atoms with Crippen LogP contribution in [0.1, 0.15) is 35.9 Å². The summed E-state index contributed by atoms with van der Waals surface area (Å²) in [6.45, 7) is 8.50. The summed E-state index contributed by atoms with van der Waals surface area (Å²) in [5, 5.41) is 2.08. The molecule has 1 aliphatic rings. The summed E-state index contributed by atoms with van der Waals surface area (Å²) in [4.78, 5) is 30.7. The summed E-state index contributed by atoms with van der Waals surface area (Å²) in [5.74, 6) is 0.545. The minimum absolute atomic E-state index is 0.0347. The topological polar surface area (TPSA) is 49.9 Å². The Labute approximate surface area is 176 Å². The fourth-order valence-electron chi connectivity index (χ4n) is 3.74. The maximum absolute atomic E-state index is 13.3. The number of fused-ring (bicyclic) bond motifs is 1. The van der Waals surface area contributed by atoms with Crippen LogP contribution >= 0.6 is 11.3 Å². The lowest BCUT2D eigenvalue weighted by Gasteiger charge is -2.37.